The Balaban J connectivity index is 1.49. The molecular weight excluding hydrogens is 512 g/mol. The average molecular weight is 533 g/mol. The molecular formula is C37H21ClS. The van der Waals surface area contributed by atoms with Crippen LogP contribution in [0.1, 0.15) is 22.3 Å². The molecule has 0 amide bonds. The van der Waals surface area contributed by atoms with E-state index in [4.69, 9.17) is 11.6 Å². The maximum absolute atomic E-state index is 6.33. The highest BCUT2D eigenvalue weighted by Crippen LogP contribution is 2.65. The predicted octanol–water partition coefficient (Wildman–Crippen LogP) is 10.7. The Morgan fingerprint density at radius 2 is 1.15 bits per heavy atom. The standard InChI is InChI=1S/C37H21ClS/c38-23-18-16-22(17-19-23)24-11-7-12-27-25-8-1-4-13-30(25)37(35(24)27)31-14-5-2-10-29(31)34-32(37)21-20-28-26-9-3-6-15-33(26)39-36(28)34/h1-21H. The van der Waals surface area contributed by atoms with Gasteiger partial charge in [-0.2, -0.15) is 0 Å². The van der Waals surface area contributed by atoms with Crippen LogP contribution < -0.4 is 0 Å². The molecule has 6 aromatic carbocycles. The molecule has 2 heteroatoms. The summed E-state index contributed by atoms with van der Waals surface area (Å²) >= 11 is 8.26. The maximum atomic E-state index is 6.33. The van der Waals surface area contributed by atoms with Crippen LogP contribution in [0.15, 0.2) is 127 Å². The third-order valence-corrected chi connectivity index (χ3v) is 10.2. The molecule has 9 rings (SSSR count). The van der Waals surface area contributed by atoms with Gasteiger partial charge < -0.3 is 0 Å². The Morgan fingerprint density at radius 1 is 0.487 bits per heavy atom. The second kappa shape index (κ2) is 7.70. The van der Waals surface area contributed by atoms with Crippen molar-refractivity contribution < 1.29 is 0 Å². The number of benzene rings is 6. The van der Waals surface area contributed by atoms with Crippen molar-refractivity contribution in [1.29, 1.82) is 0 Å². The Kier molecular flexibility index (Phi) is 4.29. The van der Waals surface area contributed by atoms with Crippen LogP contribution in [0.3, 0.4) is 0 Å². The van der Waals surface area contributed by atoms with E-state index in [0.29, 0.717) is 0 Å². The SMILES string of the molecule is Clc1ccc(-c2cccc3c2C2(c4ccccc4-3)c3ccccc3-c3c2ccc2c3sc3ccccc32)cc1. The zero-order valence-corrected chi connectivity index (χ0v) is 22.5. The Hall–Kier alpha value is -4.17. The van der Waals surface area contributed by atoms with Crippen LogP contribution in [0.25, 0.3) is 53.6 Å². The van der Waals surface area contributed by atoms with Crippen LogP contribution >= 0.6 is 22.9 Å². The smallest absolute Gasteiger partial charge is 0.0732 e. The largest absolute Gasteiger partial charge is 0.135 e. The molecule has 0 saturated heterocycles. The molecule has 1 aromatic heterocycles. The van der Waals surface area contributed by atoms with E-state index in [0.717, 1.165) is 5.02 Å². The van der Waals surface area contributed by atoms with Gasteiger partial charge in [-0.3, -0.25) is 0 Å². The lowest BCUT2D eigenvalue weighted by molar-refractivity contribution is 0.796. The Morgan fingerprint density at radius 3 is 2.00 bits per heavy atom. The summed E-state index contributed by atoms with van der Waals surface area (Å²) in [4.78, 5) is 0. The fraction of sp³-hybridized carbons (Fsp3) is 0.0270. The minimum absolute atomic E-state index is 0.390. The van der Waals surface area contributed by atoms with Gasteiger partial charge in [-0.1, -0.05) is 121 Å². The van der Waals surface area contributed by atoms with Gasteiger partial charge in [-0.25, -0.2) is 0 Å². The highest BCUT2D eigenvalue weighted by molar-refractivity contribution is 7.26. The summed E-state index contributed by atoms with van der Waals surface area (Å²) in [7, 11) is 0. The highest BCUT2D eigenvalue weighted by atomic mass is 35.5. The van der Waals surface area contributed by atoms with Crippen LogP contribution in [0, 0.1) is 0 Å². The minimum atomic E-state index is -0.390. The second-order valence-electron chi connectivity index (χ2n) is 10.5. The summed E-state index contributed by atoms with van der Waals surface area (Å²) in [5.74, 6) is 0. The predicted molar refractivity (Wildman–Crippen MR) is 166 cm³/mol. The normalized spacial score (nSPS) is 16.4. The first-order chi connectivity index (χ1) is 19.3. The monoisotopic (exact) mass is 532 g/mol. The third-order valence-electron chi connectivity index (χ3n) is 8.77. The Bertz CT molecular complexity index is 2130. The van der Waals surface area contributed by atoms with Gasteiger partial charge in [0, 0.05) is 30.8 Å². The molecule has 0 nitrogen and oxygen atoms in total. The lowest BCUT2D eigenvalue weighted by Gasteiger charge is -2.32. The van der Waals surface area contributed by atoms with Gasteiger partial charge in [0.15, 0.2) is 0 Å². The molecule has 1 unspecified atom stereocenters. The summed E-state index contributed by atoms with van der Waals surface area (Å²) in [5.41, 5.74) is 12.9. The van der Waals surface area contributed by atoms with E-state index in [9.17, 15) is 0 Å². The number of halogens is 1. The van der Waals surface area contributed by atoms with Crippen molar-refractivity contribution in [3.8, 4) is 33.4 Å². The molecule has 1 heterocycles. The number of hydrogen-bond donors (Lipinski definition) is 0. The van der Waals surface area contributed by atoms with E-state index < -0.39 is 5.41 Å². The van der Waals surface area contributed by atoms with E-state index in [-0.39, 0.29) is 0 Å². The van der Waals surface area contributed by atoms with Crippen molar-refractivity contribution in [2.24, 2.45) is 0 Å². The molecule has 0 aliphatic heterocycles. The van der Waals surface area contributed by atoms with Gasteiger partial charge in [-0.15, -0.1) is 11.3 Å². The van der Waals surface area contributed by atoms with E-state index in [2.05, 4.69) is 115 Å². The van der Waals surface area contributed by atoms with Crippen molar-refractivity contribution in [2.75, 3.05) is 0 Å². The molecule has 0 saturated carbocycles. The van der Waals surface area contributed by atoms with Crippen molar-refractivity contribution in [3.05, 3.63) is 155 Å². The fourth-order valence-corrected chi connectivity index (χ4v) is 8.72. The van der Waals surface area contributed by atoms with Crippen LogP contribution in [0.4, 0.5) is 0 Å². The molecule has 39 heavy (non-hydrogen) atoms. The molecule has 0 radical (unpaired) electrons. The molecule has 182 valence electrons. The van der Waals surface area contributed by atoms with Crippen LogP contribution in [-0.2, 0) is 5.41 Å². The number of thiophene rings is 1. The first kappa shape index (κ1) is 21.7. The zero-order valence-electron chi connectivity index (χ0n) is 20.9. The van der Waals surface area contributed by atoms with Gasteiger partial charge in [-0.05, 0) is 68.3 Å². The molecule has 0 bridgehead atoms. The summed E-state index contributed by atoms with van der Waals surface area (Å²) in [6.45, 7) is 0. The lowest BCUT2D eigenvalue weighted by Crippen LogP contribution is -2.26. The van der Waals surface area contributed by atoms with E-state index in [1.54, 1.807) is 0 Å². The lowest BCUT2D eigenvalue weighted by atomic mass is 9.68. The summed E-state index contributed by atoms with van der Waals surface area (Å²) in [5, 5.41) is 3.44. The van der Waals surface area contributed by atoms with Gasteiger partial charge in [0.05, 0.1) is 5.41 Å². The summed E-state index contributed by atoms with van der Waals surface area (Å²) in [6, 6.07) is 46.8. The van der Waals surface area contributed by atoms with Gasteiger partial charge in [0.1, 0.15) is 0 Å². The fourth-order valence-electron chi connectivity index (χ4n) is 7.33. The summed E-state index contributed by atoms with van der Waals surface area (Å²) < 4.78 is 2.72. The minimum Gasteiger partial charge on any atom is -0.135 e. The molecule has 1 atom stereocenters. The molecule has 2 aliphatic carbocycles. The zero-order chi connectivity index (χ0) is 25.7. The van der Waals surface area contributed by atoms with Crippen molar-refractivity contribution in [3.63, 3.8) is 0 Å². The van der Waals surface area contributed by atoms with Crippen molar-refractivity contribution in [1.82, 2.24) is 0 Å². The van der Waals surface area contributed by atoms with Gasteiger partial charge in [0.25, 0.3) is 0 Å². The number of hydrogen-bond acceptors (Lipinski definition) is 1. The number of rotatable bonds is 1. The third kappa shape index (κ3) is 2.65. The molecule has 1 spiro atoms. The van der Waals surface area contributed by atoms with Crippen LogP contribution in [-0.4, -0.2) is 0 Å². The first-order valence-corrected chi connectivity index (χ1v) is 14.5. The van der Waals surface area contributed by atoms with E-state index in [1.165, 1.54) is 75.8 Å². The summed E-state index contributed by atoms with van der Waals surface area (Å²) in [6.07, 6.45) is 0. The first-order valence-electron chi connectivity index (χ1n) is 13.3. The average Bonchev–Trinajstić information content (AvgIpc) is 3.61. The van der Waals surface area contributed by atoms with E-state index >= 15 is 0 Å². The molecule has 0 fully saturated rings. The number of fused-ring (bicyclic) bond motifs is 14. The maximum Gasteiger partial charge on any atom is 0.0732 e. The van der Waals surface area contributed by atoms with Crippen molar-refractivity contribution in [2.45, 2.75) is 5.41 Å². The molecule has 2 aliphatic rings. The molecule has 7 aromatic rings. The second-order valence-corrected chi connectivity index (χ2v) is 12.0. The highest BCUT2D eigenvalue weighted by Gasteiger charge is 2.53. The topological polar surface area (TPSA) is 0 Å². The quantitative estimate of drug-likeness (QED) is 0.197. The van der Waals surface area contributed by atoms with Crippen molar-refractivity contribution >= 4 is 43.1 Å². The van der Waals surface area contributed by atoms with Gasteiger partial charge >= 0.3 is 0 Å². The Labute approximate surface area is 235 Å². The van der Waals surface area contributed by atoms with Crippen LogP contribution in [0.5, 0.6) is 0 Å². The van der Waals surface area contributed by atoms with E-state index in [1.807, 2.05) is 23.5 Å². The van der Waals surface area contributed by atoms with Crippen LogP contribution in [0.2, 0.25) is 5.02 Å². The molecule has 0 N–H and O–H groups in total. The van der Waals surface area contributed by atoms with Gasteiger partial charge in [0.2, 0.25) is 0 Å².